The summed E-state index contributed by atoms with van der Waals surface area (Å²) in [6.07, 6.45) is 3.03. The molecule has 1 aliphatic rings. The van der Waals surface area contributed by atoms with Crippen LogP contribution in [0.15, 0.2) is 64.6 Å². The third-order valence-electron chi connectivity index (χ3n) is 7.00. The van der Waals surface area contributed by atoms with Crippen LogP contribution in [0.1, 0.15) is 41.1 Å². The third-order valence-corrected chi connectivity index (χ3v) is 7.28. The van der Waals surface area contributed by atoms with Crippen molar-refractivity contribution in [2.24, 2.45) is 5.92 Å². The number of rotatable bonds is 8. The van der Waals surface area contributed by atoms with E-state index < -0.39 is 23.5 Å². The molecule has 4 aromatic rings. The SMILES string of the molecule is Cc1cc(/C=C/C(c2cc(Cl)c(-n3ccc(N)nc3=O)c(-n3ccc(N)nc3=O)c2)C(F)(F)F)cnc1CNC(=O)C1CC1. The fraction of sp³-hybridized carbons (Fsp3) is 0.241. The number of pyridine rings is 1. The van der Waals surface area contributed by atoms with Gasteiger partial charge in [-0.2, -0.15) is 23.1 Å². The molecule has 1 unspecified atom stereocenters. The molecule has 15 heteroatoms. The summed E-state index contributed by atoms with van der Waals surface area (Å²) >= 11 is 6.53. The van der Waals surface area contributed by atoms with Gasteiger partial charge in [-0.15, -0.1) is 0 Å². The minimum atomic E-state index is -4.78. The molecule has 3 aromatic heterocycles. The van der Waals surface area contributed by atoms with Gasteiger partial charge in [0.2, 0.25) is 5.91 Å². The van der Waals surface area contributed by atoms with Crippen molar-refractivity contribution in [1.82, 2.24) is 29.4 Å². The first-order valence-electron chi connectivity index (χ1n) is 13.3. The zero-order valence-corrected chi connectivity index (χ0v) is 23.9. The maximum absolute atomic E-state index is 14.5. The second-order valence-corrected chi connectivity index (χ2v) is 10.7. The van der Waals surface area contributed by atoms with E-state index in [4.69, 9.17) is 23.1 Å². The van der Waals surface area contributed by atoms with Gasteiger partial charge in [-0.1, -0.05) is 23.8 Å². The Kier molecular flexibility index (Phi) is 8.28. The van der Waals surface area contributed by atoms with Crippen molar-refractivity contribution in [3.8, 4) is 11.4 Å². The highest BCUT2D eigenvalue weighted by Gasteiger charge is 2.40. The monoisotopic (exact) mass is 626 g/mol. The second-order valence-electron chi connectivity index (χ2n) is 10.3. The predicted molar refractivity (Wildman–Crippen MR) is 158 cm³/mol. The largest absolute Gasteiger partial charge is 0.399 e. The van der Waals surface area contributed by atoms with Crippen molar-refractivity contribution in [1.29, 1.82) is 0 Å². The Morgan fingerprint density at radius 1 is 1.09 bits per heavy atom. The van der Waals surface area contributed by atoms with E-state index in [0.717, 1.165) is 40.2 Å². The molecule has 1 aromatic carbocycles. The molecule has 1 fully saturated rings. The Morgan fingerprint density at radius 3 is 2.30 bits per heavy atom. The summed E-state index contributed by atoms with van der Waals surface area (Å²) in [6.45, 7) is 1.97. The summed E-state index contributed by atoms with van der Waals surface area (Å²) in [7, 11) is 0. The Labute approximate surface area is 253 Å². The summed E-state index contributed by atoms with van der Waals surface area (Å²) in [5.74, 6) is -2.38. The molecule has 11 nitrogen and oxygen atoms in total. The van der Waals surface area contributed by atoms with Crippen molar-refractivity contribution < 1.29 is 18.0 Å². The summed E-state index contributed by atoms with van der Waals surface area (Å²) in [5, 5.41) is 2.55. The fourth-order valence-electron chi connectivity index (χ4n) is 4.57. The molecule has 0 radical (unpaired) electrons. The van der Waals surface area contributed by atoms with E-state index in [-0.39, 0.29) is 52.0 Å². The van der Waals surface area contributed by atoms with E-state index in [9.17, 15) is 27.6 Å². The van der Waals surface area contributed by atoms with E-state index in [1.165, 1.54) is 36.8 Å². The standard InChI is InChI=1S/C29H26ClF3N8O3/c1-15-10-16(13-36-21(15)14-37-26(42)17-3-4-17)2-5-19(29(31,32)33)18-11-20(30)25(41-9-7-24(35)39-28(41)44)22(12-18)40-8-6-23(34)38-27(40)43/h2,5-13,17,19H,3-4,14H2,1H3,(H,37,42)(H2,34,38,43)(H2,35,39,44)/b5-2+. The number of amides is 1. The van der Waals surface area contributed by atoms with Crippen LogP contribution in [0.3, 0.4) is 0 Å². The van der Waals surface area contributed by atoms with E-state index in [2.05, 4.69) is 20.3 Å². The molecule has 0 bridgehead atoms. The lowest BCUT2D eigenvalue weighted by Crippen LogP contribution is -2.27. The quantitative estimate of drug-likeness (QED) is 0.267. The average Bonchev–Trinajstić information content (AvgIpc) is 3.78. The molecule has 1 atom stereocenters. The molecule has 0 spiro atoms. The highest BCUT2D eigenvalue weighted by Crippen LogP contribution is 2.40. The Balaban J connectivity index is 1.56. The average molecular weight is 627 g/mol. The molecule has 1 aliphatic carbocycles. The smallest absolute Gasteiger partial charge is 0.383 e. The number of alkyl halides is 3. The number of hydrogen-bond acceptors (Lipinski definition) is 8. The lowest BCUT2D eigenvalue weighted by molar-refractivity contribution is -0.139. The van der Waals surface area contributed by atoms with Gasteiger partial charge < -0.3 is 16.8 Å². The summed E-state index contributed by atoms with van der Waals surface area (Å²) in [6, 6.07) is 6.39. The van der Waals surface area contributed by atoms with E-state index in [1.807, 2.05) is 0 Å². The van der Waals surface area contributed by atoms with Crippen molar-refractivity contribution in [3.05, 3.63) is 103 Å². The van der Waals surface area contributed by atoms with Crippen LogP contribution in [-0.4, -0.2) is 36.2 Å². The molecule has 0 saturated heterocycles. The molecule has 44 heavy (non-hydrogen) atoms. The van der Waals surface area contributed by atoms with Gasteiger partial charge in [0.25, 0.3) is 0 Å². The fourth-order valence-corrected chi connectivity index (χ4v) is 4.88. The summed E-state index contributed by atoms with van der Waals surface area (Å²) in [4.78, 5) is 49.0. The van der Waals surface area contributed by atoms with Gasteiger partial charge in [-0.3, -0.25) is 18.9 Å². The zero-order valence-electron chi connectivity index (χ0n) is 23.2. The van der Waals surface area contributed by atoms with Crippen LogP contribution in [0.4, 0.5) is 24.8 Å². The van der Waals surface area contributed by atoms with Crippen molar-refractivity contribution in [2.75, 3.05) is 11.5 Å². The van der Waals surface area contributed by atoms with Gasteiger partial charge in [-0.05, 0) is 66.8 Å². The highest BCUT2D eigenvalue weighted by atomic mass is 35.5. The van der Waals surface area contributed by atoms with Gasteiger partial charge in [0.1, 0.15) is 11.6 Å². The maximum Gasteiger partial charge on any atom is 0.399 e. The number of nitrogens with zero attached hydrogens (tertiary/aromatic N) is 5. The van der Waals surface area contributed by atoms with Crippen LogP contribution in [0, 0.1) is 12.8 Å². The minimum absolute atomic E-state index is 0.0400. The summed E-state index contributed by atoms with van der Waals surface area (Å²) < 4.78 is 45.4. The van der Waals surface area contributed by atoms with Gasteiger partial charge in [-0.25, -0.2) is 9.59 Å². The normalized spacial score (nSPS) is 14.1. The number of anilines is 2. The number of aryl methyl sites for hydroxylation is 1. The first-order valence-corrected chi connectivity index (χ1v) is 13.7. The second kappa shape index (κ2) is 12.0. The first kappa shape index (κ1) is 30.5. The van der Waals surface area contributed by atoms with Crippen molar-refractivity contribution in [2.45, 2.75) is 38.4 Å². The van der Waals surface area contributed by atoms with E-state index in [0.29, 0.717) is 16.8 Å². The van der Waals surface area contributed by atoms with Crippen molar-refractivity contribution >= 4 is 35.2 Å². The third kappa shape index (κ3) is 6.64. The number of aromatic nitrogens is 5. The number of nitrogen functional groups attached to an aromatic ring is 2. The molecule has 5 N–H and O–H groups in total. The minimum Gasteiger partial charge on any atom is -0.383 e. The number of halogens is 4. The summed E-state index contributed by atoms with van der Waals surface area (Å²) in [5.41, 5.74) is 10.5. The Bertz CT molecular complexity index is 1900. The van der Waals surface area contributed by atoms with Gasteiger partial charge in [0.15, 0.2) is 0 Å². The number of hydrogen-bond donors (Lipinski definition) is 3. The van der Waals surface area contributed by atoms with Gasteiger partial charge in [0.05, 0.1) is 34.6 Å². The number of nitrogens with one attached hydrogen (secondary N) is 1. The zero-order chi connectivity index (χ0) is 31.8. The molecule has 1 saturated carbocycles. The van der Waals surface area contributed by atoms with Gasteiger partial charge >= 0.3 is 17.6 Å². The number of allylic oxidation sites excluding steroid dienone is 1. The van der Waals surface area contributed by atoms with E-state index in [1.54, 1.807) is 13.0 Å². The van der Waals surface area contributed by atoms with Gasteiger partial charge in [0, 0.05) is 24.5 Å². The predicted octanol–water partition coefficient (Wildman–Crippen LogP) is 3.69. The molecule has 0 aliphatic heterocycles. The molecule has 3 heterocycles. The Morgan fingerprint density at radius 2 is 1.73 bits per heavy atom. The molecule has 5 rings (SSSR count). The number of benzene rings is 1. The maximum atomic E-state index is 14.5. The van der Waals surface area contributed by atoms with Crippen LogP contribution in [0.5, 0.6) is 0 Å². The molecular formula is C29H26ClF3N8O3. The van der Waals surface area contributed by atoms with E-state index >= 15 is 0 Å². The lowest BCUT2D eigenvalue weighted by atomic mass is 9.95. The van der Waals surface area contributed by atoms with Crippen LogP contribution in [0.25, 0.3) is 17.5 Å². The Hall–Kier alpha value is -4.98. The topological polar surface area (TPSA) is 164 Å². The number of carbonyl (C=O) groups excluding carboxylic acids is 1. The van der Waals surface area contributed by atoms with Crippen LogP contribution < -0.4 is 28.2 Å². The molecular weight excluding hydrogens is 601 g/mol. The van der Waals surface area contributed by atoms with Crippen LogP contribution in [0.2, 0.25) is 5.02 Å². The lowest BCUT2D eigenvalue weighted by Gasteiger charge is -2.22. The number of nitrogens with two attached hydrogens (primary N) is 2. The number of carbonyl (C=O) groups is 1. The first-order chi connectivity index (χ1) is 20.8. The highest BCUT2D eigenvalue weighted by molar-refractivity contribution is 6.32. The van der Waals surface area contributed by atoms with Crippen LogP contribution in [-0.2, 0) is 11.3 Å². The van der Waals surface area contributed by atoms with Crippen molar-refractivity contribution in [3.63, 3.8) is 0 Å². The molecule has 228 valence electrons. The molecule has 1 amide bonds. The van der Waals surface area contributed by atoms with Crippen LogP contribution >= 0.6 is 11.6 Å².